The number of amides is 2. The molecular weight excluding hydrogens is 256 g/mol. The predicted octanol–water partition coefficient (Wildman–Crippen LogP) is 1.40. The third kappa shape index (κ3) is 4.42. The molecule has 1 saturated heterocycles. The lowest BCUT2D eigenvalue weighted by Crippen LogP contribution is -2.31. The number of hydrogen-bond donors (Lipinski definition) is 2. The summed E-state index contributed by atoms with van der Waals surface area (Å²) in [5, 5.41) is 12.0. The van der Waals surface area contributed by atoms with Crippen LogP contribution >= 0.6 is 0 Å². The van der Waals surface area contributed by atoms with Crippen LogP contribution in [-0.4, -0.2) is 48.4 Å². The van der Waals surface area contributed by atoms with Crippen LogP contribution in [0.15, 0.2) is 24.3 Å². The van der Waals surface area contributed by atoms with Crippen molar-refractivity contribution in [3.8, 4) is 5.75 Å². The predicted molar refractivity (Wildman–Crippen MR) is 76.9 cm³/mol. The molecule has 1 aliphatic heterocycles. The van der Waals surface area contributed by atoms with E-state index in [9.17, 15) is 9.90 Å². The minimum absolute atomic E-state index is 0.0120. The van der Waals surface area contributed by atoms with Gasteiger partial charge in [0.2, 0.25) is 0 Å². The van der Waals surface area contributed by atoms with E-state index in [0.29, 0.717) is 13.2 Å². The Morgan fingerprint density at radius 1 is 1.40 bits per heavy atom. The summed E-state index contributed by atoms with van der Waals surface area (Å²) < 4.78 is 5.63. The zero-order valence-electron chi connectivity index (χ0n) is 11.8. The van der Waals surface area contributed by atoms with Crippen molar-refractivity contribution in [1.82, 2.24) is 10.2 Å². The van der Waals surface area contributed by atoms with Crippen molar-refractivity contribution in [2.75, 3.05) is 26.2 Å². The summed E-state index contributed by atoms with van der Waals surface area (Å²) in [6.45, 7) is 4.37. The molecule has 0 aromatic heterocycles. The van der Waals surface area contributed by atoms with Crippen molar-refractivity contribution in [2.24, 2.45) is 0 Å². The standard InChI is InChI=1S/C15H22N2O3/c1-12(18)2-3-13-4-6-14(7-5-13)20-11-10-17-9-8-16-15(17)19/h4-7,12,18H,2-3,8-11H2,1H3,(H,16,19). The van der Waals surface area contributed by atoms with Gasteiger partial charge in [-0.15, -0.1) is 0 Å². The number of ether oxygens (including phenoxy) is 1. The molecule has 1 atom stereocenters. The number of nitrogens with zero attached hydrogens (tertiary/aromatic N) is 1. The van der Waals surface area contributed by atoms with E-state index < -0.39 is 0 Å². The summed E-state index contributed by atoms with van der Waals surface area (Å²) in [4.78, 5) is 13.1. The highest BCUT2D eigenvalue weighted by molar-refractivity contribution is 5.76. The SMILES string of the molecule is CC(O)CCc1ccc(OCCN2CCNC2=O)cc1. The van der Waals surface area contributed by atoms with E-state index in [0.717, 1.165) is 31.7 Å². The number of urea groups is 1. The Hall–Kier alpha value is -1.75. The van der Waals surface area contributed by atoms with E-state index in [-0.39, 0.29) is 12.1 Å². The van der Waals surface area contributed by atoms with Gasteiger partial charge >= 0.3 is 6.03 Å². The van der Waals surface area contributed by atoms with Crippen molar-refractivity contribution >= 4 is 6.03 Å². The second kappa shape index (κ2) is 7.14. The number of carbonyl (C=O) groups is 1. The summed E-state index contributed by atoms with van der Waals surface area (Å²) in [5.41, 5.74) is 1.19. The summed E-state index contributed by atoms with van der Waals surface area (Å²) in [5.74, 6) is 0.811. The number of benzene rings is 1. The molecular formula is C15H22N2O3. The number of aryl methyl sites for hydroxylation is 1. The summed E-state index contributed by atoms with van der Waals surface area (Å²) in [6.07, 6.45) is 1.37. The van der Waals surface area contributed by atoms with Gasteiger partial charge in [0.15, 0.2) is 0 Å². The molecule has 20 heavy (non-hydrogen) atoms. The van der Waals surface area contributed by atoms with Crippen molar-refractivity contribution in [1.29, 1.82) is 0 Å². The molecule has 1 unspecified atom stereocenters. The second-order valence-electron chi connectivity index (χ2n) is 5.10. The number of aliphatic hydroxyl groups excluding tert-OH is 1. The zero-order valence-corrected chi connectivity index (χ0v) is 11.8. The minimum atomic E-state index is -0.266. The second-order valence-corrected chi connectivity index (χ2v) is 5.10. The van der Waals surface area contributed by atoms with Crippen molar-refractivity contribution < 1.29 is 14.6 Å². The molecule has 0 spiro atoms. The maximum atomic E-state index is 11.3. The lowest BCUT2D eigenvalue weighted by Gasteiger charge is -2.14. The van der Waals surface area contributed by atoms with Crippen LogP contribution in [-0.2, 0) is 6.42 Å². The highest BCUT2D eigenvalue weighted by atomic mass is 16.5. The number of carbonyl (C=O) groups excluding carboxylic acids is 1. The first kappa shape index (κ1) is 14.7. The quantitative estimate of drug-likeness (QED) is 0.792. The average molecular weight is 278 g/mol. The van der Waals surface area contributed by atoms with Gasteiger partial charge in [-0.05, 0) is 37.5 Å². The van der Waals surface area contributed by atoms with Crippen molar-refractivity contribution in [3.05, 3.63) is 29.8 Å². The molecule has 5 heteroatoms. The van der Waals surface area contributed by atoms with Gasteiger partial charge in [0.05, 0.1) is 12.6 Å². The van der Waals surface area contributed by atoms with Crippen LogP contribution in [0.25, 0.3) is 0 Å². The van der Waals surface area contributed by atoms with Crippen LogP contribution in [0, 0.1) is 0 Å². The average Bonchev–Trinajstić information content (AvgIpc) is 2.83. The zero-order chi connectivity index (χ0) is 14.4. The van der Waals surface area contributed by atoms with E-state index in [1.165, 1.54) is 5.56 Å². The molecule has 1 aromatic rings. The molecule has 1 aromatic carbocycles. The molecule has 2 N–H and O–H groups in total. The highest BCUT2D eigenvalue weighted by Gasteiger charge is 2.18. The van der Waals surface area contributed by atoms with Crippen LogP contribution < -0.4 is 10.1 Å². The van der Waals surface area contributed by atoms with E-state index in [4.69, 9.17) is 4.74 Å². The van der Waals surface area contributed by atoms with Crippen molar-refractivity contribution in [3.63, 3.8) is 0 Å². The summed E-state index contributed by atoms with van der Waals surface area (Å²) >= 11 is 0. The minimum Gasteiger partial charge on any atom is -0.492 e. The Balaban J connectivity index is 1.72. The van der Waals surface area contributed by atoms with Gasteiger partial charge in [-0.2, -0.15) is 0 Å². The Bertz CT molecular complexity index is 431. The number of rotatable bonds is 7. The fourth-order valence-electron chi connectivity index (χ4n) is 2.13. The summed E-state index contributed by atoms with van der Waals surface area (Å²) in [7, 11) is 0. The van der Waals surface area contributed by atoms with Gasteiger partial charge in [-0.1, -0.05) is 12.1 Å². The molecule has 0 aliphatic carbocycles. The monoisotopic (exact) mass is 278 g/mol. The van der Waals surface area contributed by atoms with Crippen LogP contribution in [0.3, 0.4) is 0 Å². The van der Waals surface area contributed by atoms with Gasteiger partial charge < -0.3 is 20.1 Å². The fourth-order valence-corrected chi connectivity index (χ4v) is 2.13. The van der Waals surface area contributed by atoms with Crippen LogP contribution in [0.4, 0.5) is 4.79 Å². The molecule has 0 radical (unpaired) electrons. The normalized spacial score (nSPS) is 16.1. The third-order valence-corrected chi connectivity index (χ3v) is 3.35. The Labute approximate surface area is 119 Å². The number of nitrogens with one attached hydrogen (secondary N) is 1. The van der Waals surface area contributed by atoms with E-state index in [2.05, 4.69) is 5.32 Å². The first-order chi connectivity index (χ1) is 9.65. The van der Waals surface area contributed by atoms with E-state index >= 15 is 0 Å². The third-order valence-electron chi connectivity index (χ3n) is 3.35. The molecule has 110 valence electrons. The van der Waals surface area contributed by atoms with E-state index in [1.807, 2.05) is 24.3 Å². The molecule has 0 saturated carbocycles. The first-order valence-corrected chi connectivity index (χ1v) is 7.08. The lowest BCUT2D eigenvalue weighted by atomic mass is 10.1. The Kier molecular flexibility index (Phi) is 5.24. The largest absolute Gasteiger partial charge is 0.492 e. The van der Waals surface area contributed by atoms with Crippen LogP contribution in [0.2, 0.25) is 0 Å². The lowest BCUT2D eigenvalue weighted by molar-refractivity contribution is 0.185. The molecule has 2 rings (SSSR count). The first-order valence-electron chi connectivity index (χ1n) is 7.08. The van der Waals surface area contributed by atoms with Gasteiger partial charge in [0, 0.05) is 13.1 Å². The fraction of sp³-hybridized carbons (Fsp3) is 0.533. The van der Waals surface area contributed by atoms with Gasteiger partial charge in [0.1, 0.15) is 12.4 Å². The molecule has 1 fully saturated rings. The molecule has 1 heterocycles. The summed E-state index contributed by atoms with van der Waals surface area (Å²) in [6, 6.07) is 7.88. The molecule has 5 nitrogen and oxygen atoms in total. The number of hydrogen-bond acceptors (Lipinski definition) is 3. The van der Waals surface area contributed by atoms with E-state index in [1.54, 1.807) is 11.8 Å². The molecule has 0 bridgehead atoms. The highest BCUT2D eigenvalue weighted by Crippen LogP contribution is 2.14. The smallest absolute Gasteiger partial charge is 0.317 e. The van der Waals surface area contributed by atoms with Crippen LogP contribution in [0.1, 0.15) is 18.9 Å². The van der Waals surface area contributed by atoms with Gasteiger partial charge in [-0.25, -0.2) is 4.79 Å². The topological polar surface area (TPSA) is 61.8 Å². The molecule has 1 aliphatic rings. The maximum absolute atomic E-state index is 11.3. The Morgan fingerprint density at radius 2 is 2.15 bits per heavy atom. The van der Waals surface area contributed by atoms with Crippen molar-refractivity contribution in [2.45, 2.75) is 25.9 Å². The Morgan fingerprint density at radius 3 is 2.75 bits per heavy atom. The number of aliphatic hydroxyl groups is 1. The van der Waals surface area contributed by atoms with Gasteiger partial charge in [-0.3, -0.25) is 0 Å². The van der Waals surface area contributed by atoms with Crippen LogP contribution in [0.5, 0.6) is 5.75 Å². The van der Waals surface area contributed by atoms with Gasteiger partial charge in [0.25, 0.3) is 0 Å². The maximum Gasteiger partial charge on any atom is 0.317 e. The molecule has 2 amide bonds.